The number of ketones is 2. The highest BCUT2D eigenvalue weighted by molar-refractivity contribution is 9.09. The molecule has 0 aliphatic heterocycles. The van der Waals surface area contributed by atoms with Crippen molar-refractivity contribution in [2.24, 2.45) is 0 Å². The number of esters is 1. The van der Waals surface area contributed by atoms with Crippen LogP contribution in [0, 0.1) is 0 Å². The van der Waals surface area contributed by atoms with Gasteiger partial charge < -0.3 is 9.47 Å². The maximum absolute atomic E-state index is 13.0. The number of alkyl halides is 1. The summed E-state index contributed by atoms with van der Waals surface area (Å²) in [6.07, 6.45) is 4.31. The van der Waals surface area contributed by atoms with Crippen LogP contribution in [-0.2, 0) is 9.53 Å². The van der Waals surface area contributed by atoms with Crippen LogP contribution in [0.2, 0.25) is 0 Å². The van der Waals surface area contributed by atoms with Gasteiger partial charge in [-0.25, -0.2) is 0 Å². The van der Waals surface area contributed by atoms with Crippen LogP contribution < -0.4 is 4.74 Å². The molecule has 0 spiro atoms. The van der Waals surface area contributed by atoms with Gasteiger partial charge in [0.25, 0.3) is 0 Å². The standard InChI is InChI=1S/C22H17BrO5/c1-14(24)28-22-19(20(25)17-6-2-3-7-18(17)21(22)26)15-8-10-16(11-9-15)27-13-5-4-12-23/h2-3,5-11,13H,4,12H2,1H3. The Balaban J connectivity index is 2.00. The molecule has 0 bridgehead atoms. The first-order chi connectivity index (χ1) is 13.5. The molecule has 1 aliphatic rings. The van der Waals surface area contributed by atoms with Gasteiger partial charge in [-0.05, 0) is 30.2 Å². The first-order valence-electron chi connectivity index (χ1n) is 8.62. The Labute approximate surface area is 170 Å². The minimum absolute atomic E-state index is 0.0697. The van der Waals surface area contributed by atoms with Crippen molar-refractivity contribution < 1.29 is 23.9 Å². The molecule has 0 radical (unpaired) electrons. The molecule has 142 valence electrons. The highest BCUT2D eigenvalue weighted by Crippen LogP contribution is 2.33. The van der Waals surface area contributed by atoms with Crippen molar-refractivity contribution in [3.05, 3.63) is 83.3 Å². The topological polar surface area (TPSA) is 69.7 Å². The van der Waals surface area contributed by atoms with Gasteiger partial charge in [-0.1, -0.05) is 52.3 Å². The Kier molecular flexibility index (Phi) is 6.21. The fourth-order valence-corrected chi connectivity index (χ4v) is 3.08. The highest BCUT2D eigenvalue weighted by atomic mass is 79.9. The molecular weight excluding hydrogens is 424 g/mol. The fourth-order valence-electron chi connectivity index (χ4n) is 2.81. The van der Waals surface area contributed by atoms with Gasteiger partial charge in [0.15, 0.2) is 11.5 Å². The maximum atomic E-state index is 13.0. The highest BCUT2D eigenvalue weighted by Gasteiger charge is 2.35. The number of hydrogen-bond donors (Lipinski definition) is 0. The Morgan fingerprint density at radius 2 is 1.64 bits per heavy atom. The Morgan fingerprint density at radius 3 is 2.25 bits per heavy atom. The van der Waals surface area contributed by atoms with Crippen molar-refractivity contribution in [1.82, 2.24) is 0 Å². The number of benzene rings is 2. The molecule has 6 heteroatoms. The third-order valence-electron chi connectivity index (χ3n) is 4.04. The fraction of sp³-hybridized carbons (Fsp3) is 0.136. The number of hydrogen-bond acceptors (Lipinski definition) is 5. The van der Waals surface area contributed by atoms with E-state index in [-0.39, 0.29) is 28.2 Å². The zero-order valence-corrected chi connectivity index (χ0v) is 16.7. The van der Waals surface area contributed by atoms with Crippen LogP contribution >= 0.6 is 15.9 Å². The van der Waals surface area contributed by atoms with Gasteiger partial charge in [0.2, 0.25) is 5.78 Å². The van der Waals surface area contributed by atoms with Crippen molar-refractivity contribution >= 4 is 39.0 Å². The number of rotatable bonds is 6. The van der Waals surface area contributed by atoms with Crippen molar-refractivity contribution in [3.63, 3.8) is 0 Å². The smallest absolute Gasteiger partial charge is 0.308 e. The molecule has 2 aromatic rings. The van der Waals surface area contributed by atoms with Crippen molar-refractivity contribution in [1.29, 1.82) is 0 Å². The normalized spacial score (nSPS) is 13.6. The number of fused-ring (bicyclic) bond motifs is 1. The van der Waals surface area contributed by atoms with Crippen LogP contribution in [0.15, 0.2) is 66.6 Å². The second-order valence-electron chi connectivity index (χ2n) is 5.99. The Hall–Kier alpha value is -2.99. The van der Waals surface area contributed by atoms with Crippen LogP contribution in [0.4, 0.5) is 0 Å². The van der Waals surface area contributed by atoms with Crippen LogP contribution in [0.25, 0.3) is 5.57 Å². The molecule has 0 unspecified atom stereocenters. The molecule has 0 saturated heterocycles. The van der Waals surface area contributed by atoms with Crippen molar-refractivity contribution in [2.75, 3.05) is 5.33 Å². The molecule has 0 heterocycles. The lowest BCUT2D eigenvalue weighted by Gasteiger charge is -2.20. The summed E-state index contributed by atoms with van der Waals surface area (Å²) in [4.78, 5) is 37.4. The summed E-state index contributed by atoms with van der Waals surface area (Å²) in [7, 11) is 0. The van der Waals surface area contributed by atoms with Gasteiger partial charge in [-0.2, -0.15) is 0 Å². The minimum atomic E-state index is -0.662. The van der Waals surface area contributed by atoms with E-state index < -0.39 is 11.8 Å². The molecule has 0 amide bonds. The average Bonchev–Trinajstić information content (AvgIpc) is 2.70. The van der Waals surface area contributed by atoms with E-state index in [1.807, 2.05) is 6.08 Å². The molecule has 0 atom stereocenters. The number of carbonyl (C=O) groups excluding carboxylic acids is 3. The van der Waals surface area contributed by atoms with Gasteiger partial charge in [0, 0.05) is 23.4 Å². The number of halogens is 1. The van der Waals surface area contributed by atoms with Gasteiger partial charge in [-0.3, -0.25) is 14.4 Å². The predicted octanol–water partition coefficient (Wildman–Crippen LogP) is 4.72. The molecule has 2 aromatic carbocycles. The third kappa shape index (κ3) is 4.12. The SMILES string of the molecule is CC(=O)OC1=C(c2ccc(OC=CCCBr)cc2)C(=O)c2ccccc2C1=O. The molecule has 0 saturated carbocycles. The Morgan fingerprint density at radius 1 is 1.00 bits per heavy atom. The Bertz CT molecular complexity index is 986. The second kappa shape index (κ2) is 8.80. The average molecular weight is 441 g/mol. The number of ether oxygens (including phenoxy) is 2. The second-order valence-corrected chi connectivity index (χ2v) is 6.79. The van der Waals surface area contributed by atoms with Crippen molar-refractivity contribution in [2.45, 2.75) is 13.3 Å². The van der Waals surface area contributed by atoms with E-state index in [2.05, 4.69) is 15.9 Å². The number of allylic oxidation sites excluding steroid dienone is 3. The lowest BCUT2D eigenvalue weighted by molar-refractivity contribution is -0.136. The first kappa shape index (κ1) is 19.8. The van der Waals surface area contributed by atoms with Gasteiger partial charge >= 0.3 is 5.97 Å². The summed E-state index contributed by atoms with van der Waals surface area (Å²) < 4.78 is 10.6. The molecule has 0 N–H and O–H groups in total. The van der Waals surface area contributed by atoms with E-state index in [9.17, 15) is 14.4 Å². The minimum Gasteiger partial charge on any atom is -0.465 e. The summed E-state index contributed by atoms with van der Waals surface area (Å²) in [5, 5.41) is 0.844. The van der Waals surface area contributed by atoms with Crippen LogP contribution in [-0.4, -0.2) is 22.9 Å². The summed E-state index contributed by atoms with van der Waals surface area (Å²) >= 11 is 3.33. The molecule has 0 aromatic heterocycles. The largest absolute Gasteiger partial charge is 0.465 e. The van der Waals surface area contributed by atoms with E-state index in [0.717, 1.165) is 11.8 Å². The monoisotopic (exact) mass is 440 g/mol. The summed E-state index contributed by atoms with van der Waals surface area (Å²) in [5.41, 5.74) is 1.06. The molecule has 0 fully saturated rings. The first-order valence-corrected chi connectivity index (χ1v) is 9.74. The third-order valence-corrected chi connectivity index (χ3v) is 4.50. The van der Waals surface area contributed by atoms with Crippen LogP contribution in [0.1, 0.15) is 39.6 Å². The van der Waals surface area contributed by atoms with Crippen molar-refractivity contribution in [3.8, 4) is 5.75 Å². The lowest BCUT2D eigenvalue weighted by Crippen LogP contribution is -2.24. The molecule has 3 rings (SSSR count). The number of carbonyl (C=O) groups is 3. The molecule has 5 nitrogen and oxygen atoms in total. The van der Waals surface area contributed by atoms with Crippen LogP contribution in [0.3, 0.4) is 0 Å². The zero-order valence-electron chi connectivity index (χ0n) is 15.1. The molecule has 1 aliphatic carbocycles. The zero-order chi connectivity index (χ0) is 20.1. The summed E-state index contributed by atoms with van der Waals surface area (Å²) in [6, 6.07) is 13.2. The quantitative estimate of drug-likeness (QED) is 0.369. The van der Waals surface area contributed by atoms with Gasteiger partial charge in [0.05, 0.1) is 11.8 Å². The van der Waals surface area contributed by atoms with E-state index in [1.54, 1.807) is 54.8 Å². The van der Waals surface area contributed by atoms with Gasteiger partial charge in [0.1, 0.15) is 5.75 Å². The maximum Gasteiger partial charge on any atom is 0.308 e. The van der Waals surface area contributed by atoms with Gasteiger partial charge in [-0.15, -0.1) is 0 Å². The number of Topliss-reactive ketones (excluding diaryl/α,β-unsaturated/α-hetero) is 2. The predicted molar refractivity (Wildman–Crippen MR) is 108 cm³/mol. The molecule has 28 heavy (non-hydrogen) atoms. The van der Waals surface area contributed by atoms with E-state index in [0.29, 0.717) is 11.3 Å². The molecular formula is C22H17BrO5. The van der Waals surface area contributed by atoms with Crippen LogP contribution in [0.5, 0.6) is 5.75 Å². The van der Waals surface area contributed by atoms with E-state index in [4.69, 9.17) is 9.47 Å². The lowest BCUT2D eigenvalue weighted by atomic mass is 9.85. The summed E-state index contributed by atoms with van der Waals surface area (Å²) in [5.74, 6) is -1.18. The summed E-state index contributed by atoms with van der Waals surface area (Å²) in [6.45, 7) is 1.19. The van der Waals surface area contributed by atoms with E-state index >= 15 is 0 Å². The van der Waals surface area contributed by atoms with E-state index in [1.165, 1.54) is 6.92 Å².